The van der Waals surface area contributed by atoms with E-state index >= 15 is 0 Å². The van der Waals surface area contributed by atoms with Gasteiger partial charge in [0.05, 0.1) is 26.2 Å². The fraction of sp³-hybridized carbons (Fsp3) is 0.417. The summed E-state index contributed by atoms with van der Waals surface area (Å²) in [6, 6.07) is 13.3. The van der Waals surface area contributed by atoms with Crippen molar-refractivity contribution < 1.29 is 19.1 Å². The Morgan fingerprint density at radius 1 is 1.06 bits per heavy atom. The largest absolute Gasteiger partial charge is 0.493 e. The molecule has 0 radical (unpaired) electrons. The Kier molecular flexibility index (Phi) is 7.39. The van der Waals surface area contributed by atoms with Crippen LogP contribution in [0.2, 0.25) is 0 Å². The monoisotopic (exact) mass is 425 g/mol. The summed E-state index contributed by atoms with van der Waals surface area (Å²) in [6.07, 6.45) is 1.43. The predicted octanol–water partition coefficient (Wildman–Crippen LogP) is 4.13. The molecule has 3 rings (SSSR count). The number of piperidine rings is 1. The number of ether oxygens (including phenoxy) is 2. The molecule has 1 aliphatic heterocycles. The predicted molar refractivity (Wildman–Crippen MR) is 121 cm³/mol. The summed E-state index contributed by atoms with van der Waals surface area (Å²) in [5, 5.41) is 5.85. The van der Waals surface area contributed by atoms with Gasteiger partial charge >= 0.3 is 6.03 Å². The topological polar surface area (TPSA) is 79.9 Å². The van der Waals surface area contributed by atoms with Crippen molar-refractivity contribution in [1.82, 2.24) is 10.2 Å². The first-order valence-corrected chi connectivity index (χ1v) is 10.6. The Hall–Kier alpha value is -3.22. The van der Waals surface area contributed by atoms with Gasteiger partial charge in [0.25, 0.3) is 0 Å². The smallest absolute Gasteiger partial charge is 0.317 e. The van der Waals surface area contributed by atoms with Crippen LogP contribution in [0.1, 0.15) is 36.9 Å². The van der Waals surface area contributed by atoms with Gasteiger partial charge in [0, 0.05) is 24.8 Å². The van der Waals surface area contributed by atoms with E-state index in [0.717, 1.165) is 17.5 Å². The lowest BCUT2D eigenvalue weighted by Crippen LogP contribution is -2.49. The number of likely N-dealkylation sites (tertiary alicyclic amines) is 1. The second-order valence-corrected chi connectivity index (χ2v) is 7.75. The van der Waals surface area contributed by atoms with Crippen LogP contribution in [0.15, 0.2) is 42.5 Å². The molecule has 1 heterocycles. The van der Waals surface area contributed by atoms with Crippen molar-refractivity contribution in [3.8, 4) is 11.5 Å². The van der Waals surface area contributed by atoms with Crippen molar-refractivity contribution in [1.29, 1.82) is 0 Å². The van der Waals surface area contributed by atoms with Gasteiger partial charge < -0.3 is 25.0 Å². The number of hydrogen-bond donors (Lipinski definition) is 2. The fourth-order valence-electron chi connectivity index (χ4n) is 4.04. The number of hydrogen-bond acceptors (Lipinski definition) is 4. The van der Waals surface area contributed by atoms with Crippen molar-refractivity contribution in [2.45, 2.75) is 32.7 Å². The molecule has 0 spiro atoms. The zero-order valence-electron chi connectivity index (χ0n) is 18.6. The average Bonchev–Trinajstić information content (AvgIpc) is 2.78. The number of rotatable bonds is 6. The van der Waals surface area contributed by atoms with Crippen LogP contribution in [0.5, 0.6) is 11.5 Å². The van der Waals surface area contributed by atoms with Gasteiger partial charge in [0.2, 0.25) is 5.91 Å². The molecular formula is C24H31N3O4. The Balaban J connectivity index is 1.76. The normalized spacial score (nSPS) is 18.3. The summed E-state index contributed by atoms with van der Waals surface area (Å²) in [7, 11) is 3.12. The van der Waals surface area contributed by atoms with E-state index in [0.29, 0.717) is 36.7 Å². The lowest BCUT2D eigenvalue weighted by Gasteiger charge is -2.39. The minimum atomic E-state index is -0.295. The summed E-state index contributed by atoms with van der Waals surface area (Å²) in [5.74, 6) is 0.745. The van der Waals surface area contributed by atoms with Crippen LogP contribution in [0.3, 0.4) is 0 Å². The number of benzene rings is 2. The summed E-state index contributed by atoms with van der Waals surface area (Å²) in [5.41, 5.74) is 2.89. The quantitative estimate of drug-likeness (QED) is 0.729. The summed E-state index contributed by atoms with van der Waals surface area (Å²) in [4.78, 5) is 27.6. The van der Waals surface area contributed by atoms with E-state index in [2.05, 4.69) is 16.7 Å². The summed E-state index contributed by atoms with van der Waals surface area (Å²) >= 11 is 0. The Morgan fingerprint density at radius 2 is 1.84 bits per heavy atom. The molecule has 166 valence electrons. The van der Waals surface area contributed by atoms with E-state index in [1.807, 2.05) is 32.0 Å². The molecule has 0 aliphatic carbocycles. The molecule has 2 unspecified atom stereocenters. The number of urea groups is 1. The number of anilines is 1. The summed E-state index contributed by atoms with van der Waals surface area (Å²) in [6.45, 7) is 4.84. The number of aryl methyl sites for hydroxylation is 1. The number of nitrogens with zero attached hydrogens (tertiary/aromatic N) is 1. The first-order chi connectivity index (χ1) is 15.0. The van der Waals surface area contributed by atoms with Gasteiger partial charge in [-0.15, -0.1) is 0 Å². The minimum absolute atomic E-state index is 0.0448. The number of carbonyl (C=O) groups excluding carboxylic acids is 2. The van der Waals surface area contributed by atoms with Crippen LogP contribution in [0.25, 0.3) is 0 Å². The van der Waals surface area contributed by atoms with Crippen molar-refractivity contribution in [2.24, 2.45) is 5.92 Å². The van der Waals surface area contributed by atoms with Gasteiger partial charge in [-0.2, -0.15) is 0 Å². The zero-order chi connectivity index (χ0) is 22.4. The third-order valence-corrected chi connectivity index (χ3v) is 5.62. The molecule has 0 saturated carbocycles. The van der Waals surface area contributed by atoms with E-state index in [9.17, 15) is 9.59 Å². The second kappa shape index (κ2) is 10.2. The summed E-state index contributed by atoms with van der Waals surface area (Å²) < 4.78 is 10.6. The Labute approximate surface area is 183 Å². The molecule has 2 aromatic rings. The van der Waals surface area contributed by atoms with Gasteiger partial charge in [-0.1, -0.05) is 29.8 Å². The highest BCUT2D eigenvalue weighted by atomic mass is 16.5. The second-order valence-electron chi connectivity index (χ2n) is 7.75. The molecule has 7 nitrogen and oxygen atoms in total. The Bertz CT molecular complexity index is 931. The first kappa shape index (κ1) is 22.5. The average molecular weight is 426 g/mol. The highest BCUT2D eigenvalue weighted by Crippen LogP contribution is 2.35. The van der Waals surface area contributed by atoms with Crippen LogP contribution in [-0.4, -0.2) is 44.1 Å². The Morgan fingerprint density at radius 3 is 2.52 bits per heavy atom. The van der Waals surface area contributed by atoms with E-state index in [1.54, 1.807) is 37.3 Å². The van der Waals surface area contributed by atoms with Gasteiger partial charge in [0.15, 0.2) is 11.5 Å². The maximum Gasteiger partial charge on any atom is 0.317 e. The first-order valence-electron chi connectivity index (χ1n) is 10.6. The van der Waals surface area contributed by atoms with Crippen LogP contribution in [0, 0.1) is 12.8 Å². The highest BCUT2D eigenvalue weighted by Gasteiger charge is 2.35. The molecule has 2 N–H and O–H groups in total. The van der Waals surface area contributed by atoms with Gasteiger partial charge in [0.1, 0.15) is 0 Å². The molecule has 7 heteroatoms. The molecule has 1 aliphatic rings. The maximum absolute atomic E-state index is 13.0. The van der Waals surface area contributed by atoms with Gasteiger partial charge in [-0.25, -0.2) is 4.79 Å². The van der Waals surface area contributed by atoms with Crippen molar-refractivity contribution in [3.05, 3.63) is 53.6 Å². The fourth-order valence-corrected chi connectivity index (χ4v) is 4.04. The van der Waals surface area contributed by atoms with Crippen molar-refractivity contribution >= 4 is 17.6 Å². The van der Waals surface area contributed by atoms with Crippen LogP contribution in [0.4, 0.5) is 10.5 Å². The molecule has 2 atom stereocenters. The third-order valence-electron chi connectivity index (χ3n) is 5.62. The van der Waals surface area contributed by atoms with E-state index in [-0.39, 0.29) is 23.9 Å². The molecule has 31 heavy (non-hydrogen) atoms. The highest BCUT2D eigenvalue weighted by molar-refractivity contribution is 5.93. The SMILES string of the molecule is CCNC(=O)N1CC(C(=O)Nc2ccc(OC)c(OC)c2)CCC1c1cccc(C)c1. The van der Waals surface area contributed by atoms with E-state index in [1.165, 1.54) is 0 Å². The van der Waals surface area contributed by atoms with Gasteiger partial charge in [-0.3, -0.25) is 4.79 Å². The molecule has 2 aromatic carbocycles. The molecule has 0 aromatic heterocycles. The number of carbonyl (C=O) groups is 2. The minimum Gasteiger partial charge on any atom is -0.493 e. The third kappa shape index (κ3) is 5.29. The molecule has 3 amide bonds. The number of amides is 3. The van der Waals surface area contributed by atoms with Crippen LogP contribution >= 0.6 is 0 Å². The van der Waals surface area contributed by atoms with Crippen LogP contribution in [-0.2, 0) is 4.79 Å². The van der Waals surface area contributed by atoms with E-state index in [4.69, 9.17) is 9.47 Å². The molecule has 0 bridgehead atoms. The lowest BCUT2D eigenvalue weighted by molar-refractivity contribution is -0.121. The lowest BCUT2D eigenvalue weighted by atomic mass is 9.88. The molecular weight excluding hydrogens is 394 g/mol. The number of nitrogens with one attached hydrogen (secondary N) is 2. The molecule has 1 fully saturated rings. The standard InChI is InChI=1S/C24H31N3O4/c1-5-25-24(29)27-15-18(9-11-20(27)17-8-6-7-16(2)13-17)23(28)26-19-10-12-21(30-3)22(14-19)31-4/h6-8,10,12-14,18,20H,5,9,11,15H2,1-4H3,(H,25,29)(H,26,28). The number of methoxy groups -OCH3 is 2. The van der Waals surface area contributed by atoms with Crippen molar-refractivity contribution in [2.75, 3.05) is 32.6 Å². The maximum atomic E-state index is 13.0. The van der Waals surface area contributed by atoms with E-state index < -0.39 is 0 Å². The van der Waals surface area contributed by atoms with Crippen LogP contribution < -0.4 is 20.1 Å². The molecule has 1 saturated heterocycles. The zero-order valence-corrected chi connectivity index (χ0v) is 18.6. The van der Waals surface area contributed by atoms with Crippen molar-refractivity contribution in [3.63, 3.8) is 0 Å². The van der Waals surface area contributed by atoms with Gasteiger partial charge in [-0.05, 0) is 44.4 Å².